The lowest BCUT2D eigenvalue weighted by molar-refractivity contribution is 0.589. The van der Waals surface area contributed by atoms with Crippen LogP contribution < -0.4 is 5.14 Å². The number of hydrogen-bond donors (Lipinski definition) is 2. The zero-order chi connectivity index (χ0) is 10.9. The molecule has 2 aromatic heterocycles. The number of aromatic nitrogens is 3. The minimum absolute atomic E-state index is 0.368. The largest absolute Gasteiger partial charge is 0.282 e. The lowest BCUT2D eigenvalue weighted by Crippen LogP contribution is -2.13. The highest BCUT2D eigenvalue weighted by Crippen LogP contribution is 2.10. The average molecular weight is 244 g/mol. The molecule has 0 aliphatic heterocycles. The fraction of sp³-hybridized carbons (Fsp3) is 0.143. The van der Waals surface area contributed by atoms with Crippen LogP contribution in [0.25, 0.3) is 0 Å². The Morgan fingerprint density at radius 1 is 1.53 bits per heavy atom. The summed E-state index contributed by atoms with van der Waals surface area (Å²) in [5.74, 6) is 0.484. The molecule has 80 valence electrons. The Kier molecular flexibility index (Phi) is 2.55. The third-order valence-electron chi connectivity index (χ3n) is 1.72. The van der Waals surface area contributed by atoms with Crippen molar-refractivity contribution in [3.05, 3.63) is 28.2 Å². The third-order valence-corrected chi connectivity index (χ3v) is 3.14. The van der Waals surface area contributed by atoms with Crippen LogP contribution in [-0.4, -0.2) is 23.6 Å². The van der Waals surface area contributed by atoms with Crippen molar-refractivity contribution >= 4 is 21.4 Å². The standard InChI is InChI=1S/C7H8N4O2S2/c8-15(12,13)7-9-6(10-11-7)3-5-1-2-14-4-5/h1-2,4H,3H2,(H2,8,12,13)(H,9,10,11). The molecule has 0 saturated carbocycles. The van der Waals surface area contributed by atoms with E-state index in [1.165, 1.54) is 0 Å². The minimum atomic E-state index is -3.81. The molecule has 0 amide bonds. The first-order valence-electron chi connectivity index (χ1n) is 4.01. The lowest BCUT2D eigenvalue weighted by atomic mass is 10.2. The number of thiophene rings is 1. The molecule has 0 radical (unpaired) electrons. The van der Waals surface area contributed by atoms with E-state index in [0.717, 1.165) is 5.56 Å². The maximum absolute atomic E-state index is 10.9. The molecule has 2 heterocycles. The summed E-state index contributed by atoms with van der Waals surface area (Å²) in [7, 11) is -3.81. The zero-order valence-corrected chi connectivity index (χ0v) is 9.18. The molecule has 8 heteroatoms. The van der Waals surface area contributed by atoms with Gasteiger partial charge in [-0.15, -0.1) is 5.10 Å². The molecule has 0 aromatic carbocycles. The van der Waals surface area contributed by atoms with Gasteiger partial charge < -0.3 is 0 Å². The highest BCUT2D eigenvalue weighted by Gasteiger charge is 2.14. The number of hydrogen-bond acceptors (Lipinski definition) is 5. The molecule has 2 rings (SSSR count). The molecule has 2 aromatic rings. The van der Waals surface area contributed by atoms with Gasteiger partial charge in [-0.3, -0.25) is 5.10 Å². The van der Waals surface area contributed by atoms with Crippen LogP contribution >= 0.6 is 11.3 Å². The van der Waals surface area contributed by atoms with Crippen molar-refractivity contribution in [3.63, 3.8) is 0 Å². The van der Waals surface area contributed by atoms with Gasteiger partial charge in [0.25, 0.3) is 15.2 Å². The Morgan fingerprint density at radius 3 is 2.87 bits per heavy atom. The van der Waals surface area contributed by atoms with Crippen LogP contribution in [0.2, 0.25) is 0 Å². The summed E-state index contributed by atoms with van der Waals surface area (Å²) < 4.78 is 21.8. The van der Waals surface area contributed by atoms with Crippen LogP contribution in [-0.2, 0) is 16.4 Å². The molecule has 0 unspecified atom stereocenters. The lowest BCUT2D eigenvalue weighted by Gasteiger charge is -1.90. The number of sulfonamides is 1. The number of aromatic amines is 1. The van der Waals surface area contributed by atoms with Crippen LogP contribution in [0.5, 0.6) is 0 Å². The Hall–Kier alpha value is -1.25. The molecule has 0 fully saturated rings. The number of nitrogens with two attached hydrogens (primary N) is 1. The maximum Gasteiger partial charge on any atom is 0.282 e. The Bertz CT molecular complexity index is 543. The van der Waals surface area contributed by atoms with E-state index >= 15 is 0 Å². The van der Waals surface area contributed by atoms with Crippen molar-refractivity contribution in [1.29, 1.82) is 0 Å². The summed E-state index contributed by atoms with van der Waals surface area (Å²) in [5.41, 5.74) is 1.05. The van der Waals surface area contributed by atoms with Gasteiger partial charge in [-0.25, -0.2) is 18.5 Å². The second kappa shape index (κ2) is 3.72. The second-order valence-electron chi connectivity index (χ2n) is 2.92. The molecular formula is C7H8N4O2S2. The quantitative estimate of drug-likeness (QED) is 0.799. The number of nitrogens with one attached hydrogen (secondary N) is 1. The van der Waals surface area contributed by atoms with Gasteiger partial charge >= 0.3 is 0 Å². The molecule has 0 bridgehead atoms. The van der Waals surface area contributed by atoms with Crippen LogP contribution in [0.1, 0.15) is 11.4 Å². The molecule has 0 spiro atoms. The van der Waals surface area contributed by atoms with E-state index in [4.69, 9.17) is 5.14 Å². The summed E-state index contributed by atoms with van der Waals surface area (Å²) >= 11 is 1.57. The van der Waals surface area contributed by atoms with E-state index < -0.39 is 10.0 Å². The molecular weight excluding hydrogens is 236 g/mol. The molecule has 0 aliphatic rings. The average Bonchev–Trinajstić information content (AvgIpc) is 2.73. The number of primary sulfonamides is 1. The highest BCUT2D eigenvalue weighted by atomic mass is 32.2. The fourth-order valence-electron chi connectivity index (χ4n) is 1.07. The Balaban J connectivity index is 2.22. The Labute approximate surface area is 90.2 Å². The summed E-state index contributed by atoms with van der Waals surface area (Å²) in [6, 6.07) is 1.93. The van der Waals surface area contributed by atoms with E-state index in [2.05, 4.69) is 15.2 Å². The van der Waals surface area contributed by atoms with E-state index in [-0.39, 0.29) is 5.16 Å². The summed E-state index contributed by atoms with van der Waals surface area (Å²) in [6.45, 7) is 0. The molecule has 15 heavy (non-hydrogen) atoms. The van der Waals surface area contributed by atoms with Crippen LogP contribution in [0.4, 0.5) is 0 Å². The van der Waals surface area contributed by atoms with E-state index in [9.17, 15) is 8.42 Å². The first kappa shape index (κ1) is 10.3. The minimum Gasteiger partial charge on any atom is -0.262 e. The van der Waals surface area contributed by atoms with E-state index in [1.54, 1.807) is 11.3 Å². The van der Waals surface area contributed by atoms with Gasteiger partial charge in [0.2, 0.25) is 0 Å². The molecule has 6 nitrogen and oxygen atoms in total. The molecule has 0 saturated heterocycles. The van der Waals surface area contributed by atoms with Crippen molar-refractivity contribution in [1.82, 2.24) is 15.2 Å². The van der Waals surface area contributed by atoms with Crippen molar-refractivity contribution in [3.8, 4) is 0 Å². The topological polar surface area (TPSA) is 102 Å². The predicted octanol–water partition coefficient (Wildman–Crippen LogP) is 0.104. The first-order valence-corrected chi connectivity index (χ1v) is 6.50. The van der Waals surface area contributed by atoms with Gasteiger partial charge in [-0.2, -0.15) is 11.3 Å². The number of H-pyrrole nitrogens is 1. The normalized spacial score (nSPS) is 11.8. The first-order chi connectivity index (χ1) is 7.05. The molecule has 3 N–H and O–H groups in total. The zero-order valence-electron chi connectivity index (χ0n) is 7.54. The van der Waals surface area contributed by atoms with E-state index in [1.807, 2.05) is 16.8 Å². The summed E-state index contributed by atoms with van der Waals surface area (Å²) in [5, 5.41) is 14.5. The van der Waals surface area contributed by atoms with Gasteiger partial charge in [0, 0.05) is 6.42 Å². The maximum atomic E-state index is 10.9. The second-order valence-corrected chi connectivity index (χ2v) is 5.15. The van der Waals surface area contributed by atoms with Crippen molar-refractivity contribution < 1.29 is 8.42 Å². The van der Waals surface area contributed by atoms with Crippen LogP contribution in [0.15, 0.2) is 22.0 Å². The number of rotatable bonds is 3. The SMILES string of the molecule is NS(=O)(=O)c1n[nH]c(Cc2ccsc2)n1. The Morgan fingerprint density at radius 2 is 2.33 bits per heavy atom. The van der Waals surface area contributed by atoms with Gasteiger partial charge in [0.05, 0.1) is 0 Å². The van der Waals surface area contributed by atoms with Gasteiger partial charge in [-0.05, 0) is 22.4 Å². The van der Waals surface area contributed by atoms with Crippen LogP contribution in [0.3, 0.4) is 0 Å². The predicted molar refractivity (Wildman–Crippen MR) is 54.9 cm³/mol. The fourth-order valence-corrected chi connectivity index (χ4v) is 2.15. The molecule has 0 atom stereocenters. The van der Waals surface area contributed by atoms with Gasteiger partial charge in [0.15, 0.2) is 0 Å². The number of nitrogens with zero attached hydrogens (tertiary/aromatic N) is 2. The van der Waals surface area contributed by atoms with E-state index in [0.29, 0.717) is 12.2 Å². The summed E-state index contributed by atoms with van der Waals surface area (Å²) in [6.07, 6.45) is 0.520. The monoisotopic (exact) mass is 244 g/mol. The van der Waals surface area contributed by atoms with Crippen molar-refractivity contribution in [2.75, 3.05) is 0 Å². The van der Waals surface area contributed by atoms with Crippen molar-refractivity contribution in [2.45, 2.75) is 11.6 Å². The highest BCUT2D eigenvalue weighted by molar-refractivity contribution is 7.89. The van der Waals surface area contributed by atoms with Crippen LogP contribution in [0, 0.1) is 0 Å². The smallest absolute Gasteiger partial charge is 0.262 e. The van der Waals surface area contributed by atoms with Crippen molar-refractivity contribution in [2.24, 2.45) is 5.14 Å². The van der Waals surface area contributed by atoms with Gasteiger partial charge in [0.1, 0.15) is 5.82 Å². The van der Waals surface area contributed by atoms with Gasteiger partial charge in [-0.1, -0.05) is 0 Å². The third kappa shape index (κ3) is 2.41. The molecule has 0 aliphatic carbocycles. The summed E-state index contributed by atoms with van der Waals surface area (Å²) in [4.78, 5) is 3.78.